The van der Waals surface area contributed by atoms with E-state index >= 15 is 0 Å². The minimum Gasteiger partial charge on any atom is -0.440 e. The van der Waals surface area contributed by atoms with Crippen molar-refractivity contribution < 1.29 is 4.42 Å². The average Bonchev–Trinajstić information content (AvgIpc) is 4.00. The predicted octanol–water partition coefficient (Wildman–Crippen LogP) is 16.4. The van der Waals surface area contributed by atoms with Gasteiger partial charge in [-0.3, -0.25) is 4.90 Å². The van der Waals surface area contributed by atoms with E-state index < -0.39 is 0 Å². The lowest BCUT2D eigenvalue weighted by atomic mass is 9.82. The van der Waals surface area contributed by atoms with E-state index in [1.165, 1.54) is 87.5 Å². The molecule has 0 atom stereocenters. The Bertz CT molecular complexity index is 3690. The second kappa shape index (κ2) is 13.1. The summed E-state index contributed by atoms with van der Waals surface area (Å²) >= 11 is 0. The van der Waals surface area contributed by atoms with E-state index in [-0.39, 0.29) is 5.41 Å². The van der Waals surface area contributed by atoms with Crippen LogP contribution in [0.1, 0.15) is 25.0 Å². The van der Waals surface area contributed by atoms with Crippen LogP contribution in [0.2, 0.25) is 0 Å². The molecule has 12 aromatic rings. The average molecular weight is 793 g/mol. The Morgan fingerprint density at radius 3 is 1.92 bits per heavy atom. The van der Waals surface area contributed by atoms with Gasteiger partial charge in [0.1, 0.15) is 5.76 Å². The third kappa shape index (κ3) is 5.06. The summed E-state index contributed by atoms with van der Waals surface area (Å²) in [5, 5.41) is 10.2. The number of furan rings is 1. The predicted molar refractivity (Wildman–Crippen MR) is 260 cm³/mol. The van der Waals surface area contributed by atoms with Crippen LogP contribution in [0.5, 0.6) is 0 Å². The number of fused-ring (bicyclic) bond motifs is 7. The van der Waals surface area contributed by atoms with Crippen molar-refractivity contribution in [3.05, 3.63) is 217 Å². The number of para-hydroxylation sites is 1. The summed E-state index contributed by atoms with van der Waals surface area (Å²) in [6, 6.07) is 75.1. The van der Waals surface area contributed by atoms with Crippen molar-refractivity contribution in [3.63, 3.8) is 0 Å². The van der Waals surface area contributed by atoms with Gasteiger partial charge in [0.25, 0.3) is 0 Å². The largest absolute Gasteiger partial charge is 0.440 e. The fraction of sp³-hybridized carbons (Fsp3) is 0.0508. The maximum Gasteiger partial charge on any atom is 0.205 e. The first-order valence-corrected chi connectivity index (χ1v) is 21.5. The molecular weight excluding hydrogens is 753 g/mol. The molecule has 2 heterocycles. The molecule has 0 spiro atoms. The molecule has 2 aromatic heterocycles. The van der Waals surface area contributed by atoms with Gasteiger partial charge in [0, 0.05) is 44.9 Å². The van der Waals surface area contributed by atoms with E-state index in [1.54, 1.807) is 0 Å². The molecule has 1 aliphatic carbocycles. The standard InChI is InChI=1S/C59H40N2O/c1-59(2)50-19-10-9-18-46(50)47-30-28-45(36-51(47)59)60(44-26-22-38(23-27-44)37-12-5-3-6-13-37)55-33-32-54(62-55)41-25-31-52-49(34-41)58-48-29-24-40-15-11-14-39-20-21-42(57(48)56(39)40)35-53(58)61(52)43-16-7-4-8-17-43/h3-36H,1-2H3. The second-order valence-electron chi connectivity index (χ2n) is 17.3. The van der Waals surface area contributed by atoms with Gasteiger partial charge in [-0.25, -0.2) is 0 Å². The molecule has 0 N–H and O–H groups in total. The third-order valence-electron chi connectivity index (χ3n) is 13.5. The minimum absolute atomic E-state index is 0.138. The number of benzene rings is 10. The monoisotopic (exact) mass is 792 g/mol. The first kappa shape index (κ1) is 34.9. The van der Waals surface area contributed by atoms with Crippen LogP contribution in [0.3, 0.4) is 0 Å². The number of hydrogen-bond donors (Lipinski definition) is 0. The molecule has 3 nitrogen and oxygen atoms in total. The summed E-state index contributed by atoms with van der Waals surface area (Å²) in [5.41, 5.74) is 14.1. The van der Waals surface area contributed by atoms with Crippen molar-refractivity contribution in [3.8, 4) is 39.3 Å². The molecule has 0 bridgehead atoms. The highest BCUT2D eigenvalue weighted by Crippen LogP contribution is 2.51. The molecule has 0 radical (unpaired) electrons. The van der Waals surface area contributed by atoms with Gasteiger partial charge in [0.05, 0.1) is 11.0 Å². The Labute approximate surface area is 359 Å². The molecule has 0 fully saturated rings. The zero-order valence-electron chi connectivity index (χ0n) is 34.4. The van der Waals surface area contributed by atoms with Gasteiger partial charge in [-0.05, 0) is 132 Å². The molecule has 0 saturated carbocycles. The summed E-state index contributed by atoms with van der Waals surface area (Å²) in [4.78, 5) is 2.27. The van der Waals surface area contributed by atoms with Crippen molar-refractivity contribution in [2.45, 2.75) is 19.3 Å². The lowest BCUT2D eigenvalue weighted by molar-refractivity contribution is 0.588. The first-order valence-electron chi connectivity index (χ1n) is 21.5. The Morgan fingerprint density at radius 1 is 0.419 bits per heavy atom. The number of hydrogen-bond acceptors (Lipinski definition) is 2. The number of aromatic nitrogens is 1. The van der Waals surface area contributed by atoms with Crippen molar-refractivity contribution >= 4 is 71.4 Å². The number of rotatable bonds is 6. The van der Waals surface area contributed by atoms with Crippen LogP contribution < -0.4 is 4.90 Å². The molecule has 0 saturated heterocycles. The van der Waals surface area contributed by atoms with Gasteiger partial charge in [0.2, 0.25) is 5.88 Å². The zero-order chi connectivity index (χ0) is 41.1. The van der Waals surface area contributed by atoms with Crippen LogP contribution in [0, 0.1) is 0 Å². The minimum atomic E-state index is -0.138. The SMILES string of the molecule is CC1(C)c2ccccc2-c2ccc(N(c3ccc(-c4ccccc4)cc3)c3ccc(-c4ccc5c(c4)c4c6ccc7cccc8ccc(cc4n5-c4ccccc4)c6c87)o3)cc21. The molecule has 0 aliphatic heterocycles. The van der Waals surface area contributed by atoms with Crippen LogP contribution in [-0.4, -0.2) is 4.57 Å². The lowest BCUT2D eigenvalue weighted by Gasteiger charge is -2.26. The van der Waals surface area contributed by atoms with Gasteiger partial charge in [-0.1, -0.05) is 147 Å². The summed E-state index contributed by atoms with van der Waals surface area (Å²) in [7, 11) is 0. The number of nitrogens with zero attached hydrogens (tertiary/aromatic N) is 2. The highest BCUT2D eigenvalue weighted by Gasteiger charge is 2.36. The van der Waals surface area contributed by atoms with Crippen LogP contribution in [0.15, 0.2) is 211 Å². The molecule has 1 aliphatic rings. The molecule has 10 aromatic carbocycles. The van der Waals surface area contributed by atoms with Crippen LogP contribution in [0.25, 0.3) is 93.4 Å². The fourth-order valence-corrected chi connectivity index (χ4v) is 10.6. The highest BCUT2D eigenvalue weighted by atomic mass is 16.4. The fourth-order valence-electron chi connectivity index (χ4n) is 10.6. The van der Waals surface area contributed by atoms with Gasteiger partial charge < -0.3 is 8.98 Å². The van der Waals surface area contributed by atoms with Gasteiger partial charge >= 0.3 is 0 Å². The molecule has 62 heavy (non-hydrogen) atoms. The molecular formula is C59H40N2O. The van der Waals surface area contributed by atoms with Crippen LogP contribution in [-0.2, 0) is 5.41 Å². The molecule has 3 heteroatoms. The third-order valence-corrected chi connectivity index (χ3v) is 13.5. The van der Waals surface area contributed by atoms with Gasteiger partial charge in [-0.15, -0.1) is 0 Å². The molecule has 0 unspecified atom stereocenters. The molecule has 13 rings (SSSR count). The van der Waals surface area contributed by atoms with Crippen molar-refractivity contribution in [2.24, 2.45) is 0 Å². The maximum absolute atomic E-state index is 7.04. The molecule has 292 valence electrons. The van der Waals surface area contributed by atoms with E-state index in [0.717, 1.165) is 34.3 Å². The van der Waals surface area contributed by atoms with E-state index in [1.807, 2.05) is 0 Å². The van der Waals surface area contributed by atoms with Crippen molar-refractivity contribution in [2.75, 3.05) is 4.90 Å². The Balaban J connectivity index is 0.991. The topological polar surface area (TPSA) is 21.3 Å². The smallest absolute Gasteiger partial charge is 0.205 e. The summed E-state index contributed by atoms with van der Waals surface area (Å²) in [6.45, 7) is 4.68. The quantitative estimate of drug-likeness (QED) is 0.156. The van der Waals surface area contributed by atoms with E-state index in [2.05, 4.69) is 230 Å². The molecule has 0 amide bonds. The summed E-state index contributed by atoms with van der Waals surface area (Å²) in [6.07, 6.45) is 0. The van der Waals surface area contributed by atoms with E-state index in [0.29, 0.717) is 0 Å². The first-order chi connectivity index (χ1) is 30.5. The van der Waals surface area contributed by atoms with Gasteiger partial charge in [0.15, 0.2) is 0 Å². The van der Waals surface area contributed by atoms with Crippen molar-refractivity contribution in [1.29, 1.82) is 0 Å². The Kier molecular flexibility index (Phi) is 7.36. The maximum atomic E-state index is 7.04. The van der Waals surface area contributed by atoms with Crippen molar-refractivity contribution in [1.82, 2.24) is 4.57 Å². The van der Waals surface area contributed by atoms with Gasteiger partial charge in [-0.2, -0.15) is 0 Å². The Morgan fingerprint density at radius 2 is 1.10 bits per heavy atom. The zero-order valence-corrected chi connectivity index (χ0v) is 34.4. The summed E-state index contributed by atoms with van der Waals surface area (Å²) < 4.78 is 9.46. The normalized spacial score (nSPS) is 13.1. The van der Waals surface area contributed by atoms with E-state index in [4.69, 9.17) is 4.42 Å². The number of anilines is 3. The summed E-state index contributed by atoms with van der Waals surface area (Å²) in [5.74, 6) is 1.58. The highest BCUT2D eigenvalue weighted by molar-refractivity contribution is 6.33. The van der Waals surface area contributed by atoms with Crippen LogP contribution >= 0.6 is 0 Å². The second-order valence-corrected chi connectivity index (χ2v) is 17.3. The van der Waals surface area contributed by atoms with E-state index in [9.17, 15) is 0 Å². The Hall–Kier alpha value is -7.88. The lowest BCUT2D eigenvalue weighted by Crippen LogP contribution is -2.16. The van der Waals surface area contributed by atoms with Crippen LogP contribution in [0.4, 0.5) is 17.3 Å².